The maximum absolute atomic E-state index is 11.1. The van der Waals surface area contributed by atoms with Gasteiger partial charge in [0, 0.05) is 12.0 Å². The smallest absolute Gasteiger partial charge is 0.334 e. The molecule has 0 N–H and O–H groups in total. The molecule has 3 heteroatoms. The maximum atomic E-state index is 11.1. The van der Waals surface area contributed by atoms with Crippen molar-refractivity contribution in [1.82, 2.24) is 0 Å². The standard InChI is InChI=1S/C10H14O3/c1-5-8(11)9(6-2)13-10(12)7(3)4/h6,9H,2-3,5H2,1,4H3. The Balaban J connectivity index is 4.29. The lowest BCUT2D eigenvalue weighted by Crippen LogP contribution is -2.24. The molecule has 0 aliphatic heterocycles. The van der Waals surface area contributed by atoms with Gasteiger partial charge in [0.2, 0.25) is 0 Å². The van der Waals surface area contributed by atoms with Crippen molar-refractivity contribution < 1.29 is 14.3 Å². The molecule has 0 aliphatic carbocycles. The molecule has 3 nitrogen and oxygen atoms in total. The molecule has 1 atom stereocenters. The molecule has 72 valence electrons. The van der Waals surface area contributed by atoms with E-state index >= 15 is 0 Å². The molecule has 0 bridgehead atoms. The first kappa shape index (κ1) is 11.6. The molecule has 0 heterocycles. The van der Waals surface area contributed by atoms with Crippen molar-refractivity contribution in [3.8, 4) is 0 Å². The lowest BCUT2D eigenvalue weighted by atomic mass is 10.2. The number of Topliss-reactive ketones (excluding diaryl/α,β-unsaturated/α-hetero) is 1. The summed E-state index contributed by atoms with van der Waals surface area (Å²) < 4.78 is 4.81. The summed E-state index contributed by atoms with van der Waals surface area (Å²) in [6, 6.07) is 0. The van der Waals surface area contributed by atoms with Crippen LogP contribution >= 0.6 is 0 Å². The van der Waals surface area contributed by atoms with Gasteiger partial charge in [0.1, 0.15) is 0 Å². The van der Waals surface area contributed by atoms with Crippen LogP contribution in [0, 0.1) is 0 Å². The second-order valence-electron chi connectivity index (χ2n) is 2.66. The number of hydrogen-bond donors (Lipinski definition) is 0. The van der Waals surface area contributed by atoms with Crippen LogP contribution in [0.2, 0.25) is 0 Å². The zero-order valence-electron chi connectivity index (χ0n) is 8.00. The lowest BCUT2D eigenvalue weighted by molar-refractivity contribution is -0.148. The topological polar surface area (TPSA) is 43.4 Å². The van der Waals surface area contributed by atoms with E-state index in [4.69, 9.17) is 4.74 Å². The number of rotatable bonds is 5. The highest BCUT2D eigenvalue weighted by Gasteiger charge is 2.17. The Morgan fingerprint density at radius 2 is 2.08 bits per heavy atom. The second-order valence-corrected chi connectivity index (χ2v) is 2.66. The Morgan fingerprint density at radius 3 is 2.38 bits per heavy atom. The van der Waals surface area contributed by atoms with Gasteiger partial charge in [0.15, 0.2) is 11.9 Å². The Kier molecular flexibility index (Phi) is 4.74. The fourth-order valence-electron chi connectivity index (χ4n) is 0.662. The molecule has 0 amide bonds. The molecule has 0 radical (unpaired) electrons. The van der Waals surface area contributed by atoms with Crippen molar-refractivity contribution in [3.63, 3.8) is 0 Å². The highest BCUT2D eigenvalue weighted by atomic mass is 16.5. The Morgan fingerprint density at radius 1 is 1.54 bits per heavy atom. The zero-order chi connectivity index (χ0) is 10.4. The van der Waals surface area contributed by atoms with Crippen molar-refractivity contribution in [2.24, 2.45) is 0 Å². The number of carbonyl (C=O) groups is 2. The normalized spacial score (nSPS) is 11.5. The summed E-state index contributed by atoms with van der Waals surface area (Å²) in [6.07, 6.45) is 0.793. The first-order valence-electron chi connectivity index (χ1n) is 4.04. The molecular weight excluding hydrogens is 168 g/mol. The van der Waals surface area contributed by atoms with Gasteiger partial charge in [0.05, 0.1) is 0 Å². The average Bonchev–Trinajstić information content (AvgIpc) is 2.12. The number of carbonyl (C=O) groups excluding carboxylic acids is 2. The van der Waals surface area contributed by atoms with E-state index in [9.17, 15) is 9.59 Å². The van der Waals surface area contributed by atoms with Gasteiger partial charge in [-0.25, -0.2) is 4.79 Å². The Bertz CT molecular complexity index is 241. The van der Waals surface area contributed by atoms with Gasteiger partial charge >= 0.3 is 5.97 Å². The summed E-state index contributed by atoms with van der Waals surface area (Å²) in [5, 5.41) is 0. The van der Waals surface area contributed by atoms with Gasteiger partial charge in [-0.05, 0) is 13.0 Å². The van der Waals surface area contributed by atoms with Crippen LogP contribution in [0.4, 0.5) is 0 Å². The van der Waals surface area contributed by atoms with Gasteiger partial charge < -0.3 is 4.74 Å². The summed E-state index contributed by atoms with van der Waals surface area (Å²) in [4.78, 5) is 22.1. The first-order chi connectivity index (χ1) is 6.02. The number of ketones is 1. The van der Waals surface area contributed by atoms with Crippen LogP contribution in [0.1, 0.15) is 20.3 Å². The molecular formula is C10H14O3. The van der Waals surface area contributed by atoms with E-state index in [-0.39, 0.29) is 11.4 Å². The highest BCUT2D eigenvalue weighted by molar-refractivity contribution is 5.92. The van der Waals surface area contributed by atoms with E-state index in [0.717, 1.165) is 0 Å². The minimum absolute atomic E-state index is 0.162. The summed E-state index contributed by atoms with van der Waals surface area (Å²) in [5.74, 6) is -0.726. The van der Waals surface area contributed by atoms with Crippen LogP contribution in [0.3, 0.4) is 0 Å². The lowest BCUT2D eigenvalue weighted by Gasteiger charge is -2.11. The van der Waals surface area contributed by atoms with Crippen molar-refractivity contribution in [2.45, 2.75) is 26.4 Å². The third-order valence-electron chi connectivity index (χ3n) is 1.46. The molecule has 0 aromatic carbocycles. The molecule has 1 unspecified atom stereocenters. The van der Waals surface area contributed by atoms with Crippen molar-refractivity contribution in [1.29, 1.82) is 0 Å². The van der Waals surface area contributed by atoms with Gasteiger partial charge in [-0.1, -0.05) is 20.1 Å². The molecule has 0 rings (SSSR count). The van der Waals surface area contributed by atoms with Crippen molar-refractivity contribution in [2.75, 3.05) is 0 Å². The van der Waals surface area contributed by atoms with Gasteiger partial charge in [-0.15, -0.1) is 0 Å². The molecule has 0 saturated carbocycles. The van der Waals surface area contributed by atoms with E-state index in [1.807, 2.05) is 0 Å². The molecule has 0 aromatic rings. The monoisotopic (exact) mass is 182 g/mol. The number of esters is 1. The van der Waals surface area contributed by atoms with E-state index < -0.39 is 12.1 Å². The third-order valence-corrected chi connectivity index (χ3v) is 1.46. The fourth-order valence-corrected chi connectivity index (χ4v) is 0.662. The maximum Gasteiger partial charge on any atom is 0.334 e. The molecule has 0 aliphatic rings. The van der Waals surface area contributed by atoms with Crippen molar-refractivity contribution in [3.05, 3.63) is 24.8 Å². The number of ether oxygens (including phenoxy) is 1. The summed E-state index contributed by atoms with van der Waals surface area (Å²) in [7, 11) is 0. The average molecular weight is 182 g/mol. The minimum Gasteiger partial charge on any atom is -0.447 e. The van der Waals surface area contributed by atoms with Gasteiger partial charge in [-0.3, -0.25) is 4.79 Å². The van der Waals surface area contributed by atoms with Crippen LogP contribution in [0.5, 0.6) is 0 Å². The van der Waals surface area contributed by atoms with E-state index in [2.05, 4.69) is 13.2 Å². The number of hydrogen-bond acceptors (Lipinski definition) is 3. The summed E-state index contributed by atoms with van der Waals surface area (Å²) >= 11 is 0. The van der Waals surface area contributed by atoms with Crippen molar-refractivity contribution >= 4 is 11.8 Å². The summed E-state index contributed by atoms with van der Waals surface area (Å²) in [6.45, 7) is 10.1. The van der Waals surface area contributed by atoms with Crippen LogP contribution in [0.15, 0.2) is 24.8 Å². The van der Waals surface area contributed by atoms with E-state index in [0.29, 0.717) is 6.42 Å². The minimum atomic E-state index is -0.839. The largest absolute Gasteiger partial charge is 0.447 e. The molecule has 0 spiro atoms. The van der Waals surface area contributed by atoms with Gasteiger partial charge in [0.25, 0.3) is 0 Å². The molecule has 0 fully saturated rings. The fraction of sp³-hybridized carbons (Fsp3) is 0.400. The van der Waals surface area contributed by atoms with E-state index in [1.165, 1.54) is 13.0 Å². The van der Waals surface area contributed by atoms with Crippen LogP contribution in [-0.2, 0) is 14.3 Å². The predicted molar refractivity (Wildman–Crippen MR) is 50.2 cm³/mol. The van der Waals surface area contributed by atoms with Gasteiger partial charge in [-0.2, -0.15) is 0 Å². The van der Waals surface area contributed by atoms with E-state index in [1.54, 1.807) is 6.92 Å². The van der Waals surface area contributed by atoms with Crippen LogP contribution in [-0.4, -0.2) is 17.9 Å². The second kappa shape index (κ2) is 5.30. The predicted octanol–water partition coefficient (Wildman–Crippen LogP) is 1.64. The van der Waals surface area contributed by atoms with Crippen LogP contribution < -0.4 is 0 Å². The summed E-state index contributed by atoms with van der Waals surface area (Å²) in [5.41, 5.74) is 0.274. The Labute approximate surface area is 78.1 Å². The SMILES string of the molecule is C=CC(OC(=O)C(=C)C)C(=O)CC. The highest BCUT2D eigenvalue weighted by Crippen LogP contribution is 2.02. The third kappa shape index (κ3) is 3.69. The molecule has 0 aromatic heterocycles. The zero-order valence-corrected chi connectivity index (χ0v) is 8.00. The first-order valence-corrected chi connectivity index (χ1v) is 4.04. The van der Waals surface area contributed by atoms with Crippen LogP contribution in [0.25, 0.3) is 0 Å². The molecule has 0 saturated heterocycles. The quantitative estimate of drug-likeness (QED) is 0.369. The molecule has 13 heavy (non-hydrogen) atoms. The Hall–Kier alpha value is -1.38.